The number of hydrogen-bond acceptors (Lipinski definition) is 4. The molecule has 0 unspecified atom stereocenters. The number of nitrogen functional groups attached to an aromatic ring is 1. The molecule has 0 amide bonds. The molecule has 19 heavy (non-hydrogen) atoms. The van der Waals surface area contributed by atoms with Crippen LogP contribution in [0.5, 0.6) is 0 Å². The molecule has 1 aromatic carbocycles. The van der Waals surface area contributed by atoms with Crippen molar-refractivity contribution in [3.05, 3.63) is 23.8 Å². The Bertz CT molecular complexity index is 458. The van der Waals surface area contributed by atoms with E-state index in [4.69, 9.17) is 11.0 Å². The Kier molecular flexibility index (Phi) is 4.64. The quantitative estimate of drug-likeness (QED) is 0.796. The molecular formula is C15H22N4. The Balaban J connectivity index is 1.80. The number of rotatable bonds is 5. The molecular weight excluding hydrogens is 236 g/mol. The van der Waals surface area contributed by atoms with Gasteiger partial charge in [0, 0.05) is 19.1 Å². The lowest BCUT2D eigenvalue weighted by molar-refractivity contribution is 0.254. The van der Waals surface area contributed by atoms with Crippen molar-refractivity contribution in [2.45, 2.75) is 31.7 Å². The minimum Gasteiger partial charge on any atom is -0.397 e. The monoisotopic (exact) mass is 258 g/mol. The number of benzene rings is 1. The van der Waals surface area contributed by atoms with Gasteiger partial charge < -0.3 is 16.0 Å². The lowest BCUT2D eigenvalue weighted by Gasteiger charge is -2.24. The fourth-order valence-corrected chi connectivity index (χ4v) is 2.69. The van der Waals surface area contributed by atoms with Crippen LogP contribution < -0.4 is 11.1 Å². The Labute approximate surface area is 115 Å². The summed E-state index contributed by atoms with van der Waals surface area (Å²) in [5.41, 5.74) is 8.07. The van der Waals surface area contributed by atoms with Crippen molar-refractivity contribution in [1.29, 1.82) is 5.26 Å². The Morgan fingerprint density at radius 3 is 2.79 bits per heavy atom. The zero-order chi connectivity index (χ0) is 13.7. The summed E-state index contributed by atoms with van der Waals surface area (Å²) in [5, 5.41) is 12.1. The lowest BCUT2D eigenvalue weighted by atomic mass is 10.2. The molecule has 1 aliphatic carbocycles. The number of hydrogen-bond donors (Lipinski definition) is 2. The van der Waals surface area contributed by atoms with E-state index in [1.807, 2.05) is 6.07 Å². The van der Waals surface area contributed by atoms with Gasteiger partial charge >= 0.3 is 0 Å². The van der Waals surface area contributed by atoms with Crippen LogP contribution >= 0.6 is 0 Å². The van der Waals surface area contributed by atoms with Crippen LogP contribution in [0, 0.1) is 11.3 Å². The van der Waals surface area contributed by atoms with Crippen LogP contribution in [0.2, 0.25) is 0 Å². The standard InChI is InChI=1S/C15H22N4/c1-19(13-4-2-3-5-13)9-8-18-15-7-6-12(11-16)10-14(15)17/h6-7,10,13,18H,2-5,8-9,17H2,1H3. The third-order valence-electron chi connectivity index (χ3n) is 3.91. The van der Waals surface area contributed by atoms with Crippen molar-refractivity contribution in [2.75, 3.05) is 31.2 Å². The smallest absolute Gasteiger partial charge is 0.0992 e. The number of nitriles is 1. The van der Waals surface area contributed by atoms with Crippen LogP contribution in [0.15, 0.2) is 18.2 Å². The van der Waals surface area contributed by atoms with Gasteiger partial charge in [-0.2, -0.15) is 5.26 Å². The van der Waals surface area contributed by atoms with Crippen LogP contribution in [0.25, 0.3) is 0 Å². The number of nitrogens with two attached hydrogens (primary N) is 1. The summed E-state index contributed by atoms with van der Waals surface area (Å²) >= 11 is 0. The molecule has 3 N–H and O–H groups in total. The Hall–Kier alpha value is -1.73. The minimum absolute atomic E-state index is 0.603. The SMILES string of the molecule is CN(CCNc1ccc(C#N)cc1N)C1CCCC1. The molecule has 4 heteroatoms. The summed E-state index contributed by atoms with van der Waals surface area (Å²) in [5.74, 6) is 0. The predicted molar refractivity (Wildman–Crippen MR) is 78.9 cm³/mol. The average molecular weight is 258 g/mol. The molecule has 0 radical (unpaired) electrons. The first-order chi connectivity index (χ1) is 9.20. The third-order valence-corrected chi connectivity index (χ3v) is 3.91. The van der Waals surface area contributed by atoms with E-state index < -0.39 is 0 Å². The molecule has 1 saturated carbocycles. The first kappa shape index (κ1) is 13.7. The molecule has 0 aromatic heterocycles. The first-order valence-corrected chi connectivity index (χ1v) is 6.94. The number of nitrogens with zero attached hydrogens (tertiary/aromatic N) is 2. The summed E-state index contributed by atoms with van der Waals surface area (Å²) in [6, 6.07) is 8.22. The van der Waals surface area contributed by atoms with E-state index >= 15 is 0 Å². The molecule has 1 aromatic rings. The van der Waals surface area contributed by atoms with Gasteiger partial charge in [0.25, 0.3) is 0 Å². The Morgan fingerprint density at radius 1 is 1.42 bits per heavy atom. The molecule has 1 aliphatic rings. The van der Waals surface area contributed by atoms with Gasteiger partial charge in [0.2, 0.25) is 0 Å². The minimum atomic E-state index is 0.603. The molecule has 0 aliphatic heterocycles. The molecule has 2 rings (SSSR count). The molecule has 0 atom stereocenters. The molecule has 4 nitrogen and oxygen atoms in total. The fraction of sp³-hybridized carbons (Fsp3) is 0.533. The van der Waals surface area contributed by atoms with Gasteiger partial charge in [0.15, 0.2) is 0 Å². The fourth-order valence-electron chi connectivity index (χ4n) is 2.69. The second-order valence-electron chi connectivity index (χ2n) is 5.26. The zero-order valence-corrected chi connectivity index (χ0v) is 11.5. The van der Waals surface area contributed by atoms with Crippen LogP contribution in [0.1, 0.15) is 31.2 Å². The number of nitrogens with one attached hydrogen (secondary N) is 1. The van der Waals surface area contributed by atoms with E-state index in [1.54, 1.807) is 12.1 Å². The van der Waals surface area contributed by atoms with Gasteiger partial charge in [-0.25, -0.2) is 0 Å². The molecule has 0 heterocycles. The van der Waals surface area contributed by atoms with E-state index in [0.29, 0.717) is 11.3 Å². The van der Waals surface area contributed by atoms with Crippen molar-refractivity contribution in [3.8, 4) is 6.07 Å². The molecule has 102 valence electrons. The van der Waals surface area contributed by atoms with E-state index in [0.717, 1.165) is 24.8 Å². The van der Waals surface area contributed by atoms with Gasteiger partial charge in [-0.1, -0.05) is 12.8 Å². The average Bonchev–Trinajstić information content (AvgIpc) is 2.94. The van der Waals surface area contributed by atoms with Crippen molar-refractivity contribution >= 4 is 11.4 Å². The summed E-state index contributed by atoms with van der Waals surface area (Å²) < 4.78 is 0. The molecule has 0 bridgehead atoms. The normalized spacial score (nSPS) is 15.6. The maximum Gasteiger partial charge on any atom is 0.0992 e. The van der Waals surface area contributed by atoms with E-state index in [1.165, 1.54) is 25.7 Å². The highest BCUT2D eigenvalue weighted by molar-refractivity contribution is 5.68. The highest BCUT2D eigenvalue weighted by Crippen LogP contribution is 2.22. The topological polar surface area (TPSA) is 65.1 Å². The van der Waals surface area contributed by atoms with Crippen molar-refractivity contribution in [1.82, 2.24) is 4.90 Å². The summed E-state index contributed by atoms with van der Waals surface area (Å²) in [4.78, 5) is 2.43. The predicted octanol–water partition coefficient (Wildman–Crippen LogP) is 2.43. The van der Waals surface area contributed by atoms with Crippen LogP contribution in [0.4, 0.5) is 11.4 Å². The van der Waals surface area contributed by atoms with Gasteiger partial charge in [0.05, 0.1) is 23.0 Å². The van der Waals surface area contributed by atoms with Crippen molar-refractivity contribution in [2.24, 2.45) is 0 Å². The van der Waals surface area contributed by atoms with Crippen molar-refractivity contribution < 1.29 is 0 Å². The first-order valence-electron chi connectivity index (χ1n) is 6.94. The zero-order valence-electron chi connectivity index (χ0n) is 11.5. The summed E-state index contributed by atoms with van der Waals surface area (Å²) in [6.07, 6.45) is 5.39. The second kappa shape index (κ2) is 6.44. The van der Waals surface area contributed by atoms with Crippen molar-refractivity contribution in [3.63, 3.8) is 0 Å². The van der Waals surface area contributed by atoms with Gasteiger partial charge in [-0.3, -0.25) is 0 Å². The summed E-state index contributed by atoms with van der Waals surface area (Å²) in [6.45, 7) is 1.90. The Morgan fingerprint density at radius 2 is 2.16 bits per heavy atom. The van der Waals surface area contributed by atoms with Gasteiger partial charge in [0.1, 0.15) is 0 Å². The maximum atomic E-state index is 8.79. The third kappa shape index (κ3) is 3.62. The number of anilines is 2. The lowest BCUT2D eigenvalue weighted by Crippen LogP contribution is -2.33. The molecule has 0 spiro atoms. The highest BCUT2D eigenvalue weighted by Gasteiger charge is 2.18. The second-order valence-corrected chi connectivity index (χ2v) is 5.26. The largest absolute Gasteiger partial charge is 0.397 e. The van der Waals surface area contributed by atoms with Gasteiger partial charge in [-0.15, -0.1) is 0 Å². The van der Waals surface area contributed by atoms with Gasteiger partial charge in [-0.05, 0) is 38.1 Å². The molecule has 0 saturated heterocycles. The summed E-state index contributed by atoms with van der Waals surface area (Å²) in [7, 11) is 2.19. The van der Waals surface area contributed by atoms with Crippen LogP contribution in [-0.4, -0.2) is 31.1 Å². The molecule has 1 fully saturated rings. The van der Waals surface area contributed by atoms with E-state index in [9.17, 15) is 0 Å². The van der Waals surface area contributed by atoms with Crippen LogP contribution in [-0.2, 0) is 0 Å². The van der Waals surface area contributed by atoms with E-state index in [-0.39, 0.29) is 0 Å². The van der Waals surface area contributed by atoms with Crippen LogP contribution in [0.3, 0.4) is 0 Å². The highest BCUT2D eigenvalue weighted by atomic mass is 15.1. The van der Waals surface area contributed by atoms with E-state index in [2.05, 4.69) is 23.3 Å². The maximum absolute atomic E-state index is 8.79. The number of likely N-dealkylation sites (N-methyl/N-ethyl adjacent to an activating group) is 1.